The van der Waals surface area contributed by atoms with E-state index >= 15 is 0 Å². The van der Waals surface area contributed by atoms with Crippen molar-refractivity contribution in [2.75, 3.05) is 0 Å². The molecule has 2 aromatic heterocycles. The molecule has 0 N–H and O–H groups in total. The lowest BCUT2D eigenvalue weighted by molar-refractivity contribution is 1.23. The molecule has 0 aliphatic rings. The Labute approximate surface area is 108 Å². The van der Waals surface area contributed by atoms with Crippen LogP contribution >= 0.6 is 22.9 Å². The first-order valence-electron chi connectivity index (χ1n) is 5.21. The van der Waals surface area contributed by atoms with Crippen LogP contribution < -0.4 is 0 Å². The third kappa shape index (κ3) is 1.92. The van der Waals surface area contributed by atoms with E-state index in [1.165, 1.54) is 22.3 Å². The molecule has 0 saturated carbocycles. The molecule has 0 aliphatic carbocycles. The van der Waals surface area contributed by atoms with Gasteiger partial charge < -0.3 is 0 Å². The second kappa shape index (κ2) is 4.09. The molecule has 0 aliphatic heterocycles. The smallest absolute Gasteiger partial charge is 0.150 e. The van der Waals surface area contributed by atoms with Crippen LogP contribution in [0.2, 0.25) is 5.15 Å². The lowest BCUT2D eigenvalue weighted by Gasteiger charge is -1.97. The molecule has 0 amide bonds. The molecule has 1 aromatic carbocycles. The number of fused-ring (bicyclic) bond motifs is 1. The van der Waals surface area contributed by atoms with E-state index in [4.69, 9.17) is 11.6 Å². The minimum atomic E-state index is 0.527. The van der Waals surface area contributed by atoms with E-state index in [9.17, 15) is 0 Å². The first-order chi connectivity index (χ1) is 8.24. The van der Waals surface area contributed by atoms with Gasteiger partial charge in [-0.1, -0.05) is 41.4 Å². The molecule has 17 heavy (non-hydrogen) atoms. The molecule has 0 radical (unpaired) electrons. The minimum Gasteiger partial charge on any atom is -0.235 e. The fourth-order valence-electron chi connectivity index (χ4n) is 1.77. The van der Waals surface area contributed by atoms with Gasteiger partial charge >= 0.3 is 0 Å². The zero-order valence-corrected chi connectivity index (χ0v) is 10.7. The standard InChI is InChI=1S/C13H9ClN2S/c1-8-3-2-4-9(5-8)11-6-10-12(17-11)13(14)16-7-15-10/h2-7H,1H3. The zero-order valence-electron chi connectivity index (χ0n) is 9.14. The predicted molar refractivity (Wildman–Crippen MR) is 72.6 cm³/mol. The fraction of sp³-hybridized carbons (Fsp3) is 0.0769. The summed E-state index contributed by atoms with van der Waals surface area (Å²) in [5, 5.41) is 0.527. The summed E-state index contributed by atoms with van der Waals surface area (Å²) in [6.45, 7) is 2.09. The normalized spacial score (nSPS) is 10.9. The highest BCUT2D eigenvalue weighted by atomic mass is 35.5. The monoisotopic (exact) mass is 260 g/mol. The highest BCUT2D eigenvalue weighted by molar-refractivity contribution is 7.22. The number of hydrogen-bond donors (Lipinski definition) is 0. The molecule has 84 valence electrons. The van der Waals surface area contributed by atoms with Gasteiger partial charge in [0.15, 0.2) is 0 Å². The van der Waals surface area contributed by atoms with Crippen LogP contribution in [0.3, 0.4) is 0 Å². The number of thiophene rings is 1. The number of aryl methyl sites for hydroxylation is 1. The lowest BCUT2D eigenvalue weighted by atomic mass is 10.1. The number of rotatable bonds is 1. The van der Waals surface area contributed by atoms with Gasteiger partial charge in [0, 0.05) is 4.88 Å². The number of hydrogen-bond acceptors (Lipinski definition) is 3. The topological polar surface area (TPSA) is 25.8 Å². The Kier molecular flexibility index (Phi) is 2.57. The molecule has 0 spiro atoms. The van der Waals surface area contributed by atoms with E-state index in [1.54, 1.807) is 11.3 Å². The van der Waals surface area contributed by atoms with Crippen molar-refractivity contribution in [3.63, 3.8) is 0 Å². The average molecular weight is 261 g/mol. The van der Waals surface area contributed by atoms with Crippen molar-refractivity contribution in [3.05, 3.63) is 47.4 Å². The van der Waals surface area contributed by atoms with Gasteiger partial charge in [0.05, 0.1) is 10.2 Å². The molecule has 3 aromatic rings. The molecule has 2 heterocycles. The van der Waals surface area contributed by atoms with E-state index < -0.39 is 0 Å². The third-order valence-electron chi connectivity index (χ3n) is 2.57. The van der Waals surface area contributed by atoms with Gasteiger partial charge in [0.25, 0.3) is 0 Å². The third-order valence-corrected chi connectivity index (χ3v) is 4.15. The summed E-state index contributed by atoms with van der Waals surface area (Å²) < 4.78 is 0.950. The van der Waals surface area contributed by atoms with Gasteiger partial charge in [-0.2, -0.15) is 0 Å². The molecule has 0 saturated heterocycles. The van der Waals surface area contributed by atoms with E-state index in [2.05, 4.69) is 47.2 Å². The Morgan fingerprint density at radius 2 is 2.06 bits per heavy atom. The van der Waals surface area contributed by atoms with Crippen molar-refractivity contribution < 1.29 is 0 Å². The summed E-state index contributed by atoms with van der Waals surface area (Å²) in [5.74, 6) is 0. The molecule has 0 fully saturated rings. The van der Waals surface area contributed by atoms with Gasteiger partial charge in [-0.15, -0.1) is 11.3 Å². The van der Waals surface area contributed by atoms with Gasteiger partial charge in [-0.25, -0.2) is 9.97 Å². The summed E-state index contributed by atoms with van der Waals surface area (Å²) in [4.78, 5) is 9.39. The Morgan fingerprint density at radius 1 is 1.18 bits per heavy atom. The van der Waals surface area contributed by atoms with Crippen molar-refractivity contribution in [2.45, 2.75) is 6.92 Å². The fourth-order valence-corrected chi connectivity index (χ4v) is 3.01. The van der Waals surface area contributed by atoms with Gasteiger partial charge in [0.2, 0.25) is 0 Å². The van der Waals surface area contributed by atoms with Crippen molar-refractivity contribution in [1.29, 1.82) is 0 Å². The Balaban J connectivity index is 2.22. The summed E-state index contributed by atoms with van der Waals surface area (Å²) in [5.41, 5.74) is 3.35. The Hall–Kier alpha value is -1.45. The quantitative estimate of drug-likeness (QED) is 0.609. The van der Waals surface area contributed by atoms with Crippen LogP contribution in [-0.4, -0.2) is 9.97 Å². The van der Waals surface area contributed by atoms with E-state index in [0.29, 0.717) is 5.15 Å². The summed E-state index contributed by atoms with van der Waals surface area (Å²) in [6.07, 6.45) is 1.50. The first-order valence-corrected chi connectivity index (χ1v) is 6.40. The lowest BCUT2D eigenvalue weighted by Crippen LogP contribution is -1.76. The van der Waals surface area contributed by atoms with Crippen LogP contribution in [-0.2, 0) is 0 Å². The number of nitrogens with zero attached hydrogens (tertiary/aromatic N) is 2. The van der Waals surface area contributed by atoms with Crippen LogP contribution in [0.4, 0.5) is 0 Å². The van der Waals surface area contributed by atoms with E-state index in [0.717, 1.165) is 10.2 Å². The maximum Gasteiger partial charge on any atom is 0.150 e. The average Bonchev–Trinajstić information content (AvgIpc) is 2.74. The van der Waals surface area contributed by atoms with Crippen LogP contribution in [0.5, 0.6) is 0 Å². The molecule has 4 heteroatoms. The van der Waals surface area contributed by atoms with Gasteiger partial charge in [-0.3, -0.25) is 0 Å². The first kappa shape index (κ1) is 10.7. The van der Waals surface area contributed by atoms with Crippen LogP contribution in [0.15, 0.2) is 36.7 Å². The second-order valence-electron chi connectivity index (χ2n) is 3.86. The predicted octanol–water partition coefficient (Wildman–Crippen LogP) is 4.32. The van der Waals surface area contributed by atoms with Gasteiger partial charge in [0.1, 0.15) is 11.5 Å². The maximum atomic E-state index is 6.05. The minimum absolute atomic E-state index is 0.527. The zero-order chi connectivity index (χ0) is 11.8. The molecular weight excluding hydrogens is 252 g/mol. The van der Waals surface area contributed by atoms with Crippen LogP contribution in [0.25, 0.3) is 20.7 Å². The summed E-state index contributed by atoms with van der Waals surface area (Å²) in [6, 6.07) is 10.5. The molecule has 0 bridgehead atoms. The van der Waals surface area contributed by atoms with Crippen molar-refractivity contribution in [1.82, 2.24) is 9.97 Å². The molecule has 2 nitrogen and oxygen atoms in total. The maximum absolute atomic E-state index is 6.05. The number of aromatic nitrogens is 2. The summed E-state index contributed by atoms with van der Waals surface area (Å²) in [7, 11) is 0. The largest absolute Gasteiger partial charge is 0.235 e. The number of halogens is 1. The highest BCUT2D eigenvalue weighted by Gasteiger charge is 2.08. The SMILES string of the molecule is Cc1cccc(-c2cc3ncnc(Cl)c3s2)c1. The molecule has 3 rings (SSSR count). The molecular formula is C13H9ClN2S. The van der Waals surface area contributed by atoms with Crippen molar-refractivity contribution in [3.8, 4) is 10.4 Å². The van der Waals surface area contributed by atoms with Gasteiger partial charge in [-0.05, 0) is 18.6 Å². The van der Waals surface area contributed by atoms with E-state index in [-0.39, 0.29) is 0 Å². The second-order valence-corrected chi connectivity index (χ2v) is 5.27. The van der Waals surface area contributed by atoms with Crippen LogP contribution in [0, 0.1) is 6.92 Å². The molecule has 0 unspecified atom stereocenters. The van der Waals surface area contributed by atoms with Crippen molar-refractivity contribution >= 4 is 33.2 Å². The summed E-state index contributed by atoms with van der Waals surface area (Å²) >= 11 is 7.68. The Bertz CT molecular complexity index is 691. The molecule has 0 atom stereocenters. The Morgan fingerprint density at radius 3 is 2.82 bits per heavy atom. The highest BCUT2D eigenvalue weighted by Crippen LogP contribution is 2.35. The van der Waals surface area contributed by atoms with Crippen molar-refractivity contribution in [2.24, 2.45) is 0 Å². The number of benzene rings is 1. The van der Waals surface area contributed by atoms with E-state index in [1.807, 2.05) is 0 Å². The van der Waals surface area contributed by atoms with Crippen LogP contribution in [0.1, 0.15) is 5.56 Å².